The van der Waals surface area contributed by atoms with Crippen LogP contribution in [0.3, 0.4) is 0 Å². The highest BCUT2D eigenvalue weighted by Crippen LogP contribution is 2.08. The van der Waals surface area contributed by atoms with Gasteiger partial charge < -0.3 is 5.32 Å². The lowest BCUT2D eigenvalue weighted by atomic mass is 10.1. The van der Waals surface area contributed by atoms with Crippen molar-refractivity contribution < 1.29 is 4.39 Å². The summed E-state index contributed by atoms with van der Waals surface area (Å²) in [6.45, 7) is 1.43. The second-order valence-electron chi connectivity index (χ2n) is 3.99. The van der Waals surface area contributed by atoms with Gasteiger partial charge >= 0.3 is 0 Å². The fourth-order valence-corrected chi connectivity index (χ4v) is 1.89. The van der Waals surface area contributed by atoms with Crippen LogP contribution in [-0.4, -0.2) is 11.5 Å². The molecular formula is C14H14BrFN2. The number of benzene rings is 1. The van der Waals surface area contributed by atoms with Crippen LogP contribution in [0.2, 0.25) is 0 Å². The van der Waals surface area contributed by atoms with E-state index < -0.39 is 0 Å². The molecule has 2 nitrogen and oxygen atoms in total. The number of pyridine rings is 1. The number of hydrogen-bond acceptors (Lipinski definition) is 2. The van der Waals surface area contributed by atoms with Crippen molar-refractivity contribution in [3.05, 3.63) is 64.1 Å². The highest BCUT2D eigenvalue weighted by molar-refractivity contribution is 9.10. The van der Waals surface area contributed by atoms with Gasteiger partial charge in [0, 0.05) is 17.2 Å². The van der Waals surface area contributed by atoms with Gasteiger partial charge in [-0.05, 0) is 52.7 Å². The summed E-state index contributed by atoms with van der Waals surface area (Å²) in [7, 11) is 0. The topological polar surface area (TPSA) is 24.9 Å². The van der Waals surface area contributed by atoms with Crippen molar-refractivity contribution in [3.8, 4) is 0 Å². The molecule has 0 aliphatic heterocycles. The quantitative estimate of drug-likeness (QED) is 0.857. The molecule has 0 atom stereocenters. The second-order valence-corrected chi connectivity index (χ2v) is 4.90. The summed E-state index contributed by atoms with van der Waals surface area (Å²) in [5.41, 5.74) is 1.72. The van der Waals surface area contributed by atoms with Gasteiger partial charge in [0.2, 0.25) is 0 Å². The third-order valence-electron chi connectivity index (χ3n) is 2.62. The Morgan fingerprint density at radius 2 is 2.00 bits per heavy atom. The molecule has 2 rings (SSSR count). The second kappa shape index (κ2) is 6.61. The van der Waals surface area contributed by atoms with Gasteiger partial charge in [0.15, 0.2) is 0 Å². The van der Waals surface area contributed by atoms with E-state index in [1.54, 1.807) is 12.3 Å². The van der Waals surface area contributed by atoms with Crippen LogP contribution in [0.25, 0.3) is 0 Å². The fourth-order valence-electron chi connectivity index (χ4n) is 1.65. The summed E-state index contributed by atoms with van der Waals surface area (Å²) in [5, 5.41) is 3.25. The van der Waals surface area contributed by atoms with Gasteiger partial charge in [-0.1, -0.05) is 18.2 Å². The average molecular weight is 309 g/mol. The van der Waals surface area contributed by atoms with Gasteiger partial charge in [-0.3, -0.25) is 4.98 Å². The van der Waals surface area contributed by atoms with E-state index >= 15 is 0 Å². The number of nitrogens with zero attached hydrogens (tertiary/aromatic N) is 1. The number of nitrogens with one attached hydrogen (secondary N) is 1. The van der Waals surface area contributed by atoms with Crippen LogP contribution in [0.4, 0.5) is 4.39 Å². The minimum Gasteiger partial charge on any atom is -0.311 e. The molecule has 0 saturated carbocycles. The summed E-state index contributed by atoms with van der Waals surface area (Å²) in [5.74, 6) is -0.138. The van der Waals surface area contributed by atoms with Gasteiger partial charge in [0.1, 0.15) is 5.82 Å². The molecule has 0 bridgehead atoms. The predicted octanol–water partition coefficient (Wildman–Crippen LogP) is 3.32. The SMILES string of the molecule is Fc1ccccc1CCNCc1ccc(Br)cn1. The van der Waals surface area contributed by atoms with Crippen LogP contribution in [0.5, 0.6) is 0 Å². The molecule has 1 N–H and O–H groups in total. The highest BCUT2D eigenvalue weighted by atomic mass is 79.9. The molecule has 0 fully saturated rings. The van der Waals surface area contributed by atoms with E-state index in [4.69, 9.17) is 0 Å². The summed E-state index contributed by atoms with van der Waals surface area (Å²) in [4.78, 5) is 4.26. The Labute approximate surface area is 114 Å². The molecular weight excluding hydrogens is 295 g/mol. The van der Waals surface area contributed by atoms with Crippen LogP contribution in [0, 0.1) is 5.82 Å². The minimum absolute atomic E-state index is 0.138. The minimum atomic E-state index is -0.138. The number of halogens is 2. The fraction of sp³-hybridized carbons (Fsp3) is 0.214. The lowest BCUT2D eigenvalue weighted by molar-refractivity contribution is 0.596. The van der Waals surface area contributed by atoms with E-state index in [0.29, 0.717) is 13.0 Å². The van der Waals surface area contributed by atoms with E-state index in [-0.39, 0.29) is 5.82 Å². The molecule has 0 aliphatic rings. The first-order valence-electron chi connectivity index (χ1n) is 5.80. The van der Waals surface area contributed by atoms with Gasteiger partial charge in [-0.2, -0.15) is 0 Å². The van der Waals surface area contributed by atoms with Crippen LogP contribution < -0.4 is 5.32 Å². The molecule has 0 amide bonds. The molecule has 0 saturated heterocycles. The van der Waals surface area contributed by atoms with Crippen molar-refractivity contribution in [1.29, 1.82) is 0 Å². The Morgan fingerprint density at radius 1 is 1.17 bits per heavy atom. The molecule has 0 radical (unpaired) electrons. The number of hydrogen-bond donors (Lipinski definition) is 1. The molecule has 0 unspecified atom stereocenters. The van der Waals surface area contributed by atoms with Crippen LogP contribution >= 0.6 is 15.9 Å². The smallest absolute Gasteiger partial charge is 0.126 e. The Hall–Kier alpha value is -1.26. The molecule has 1 aromatic heterocycles. The maximum atomic E-state index is 13.3. The summed E-state index contributed by atoms with van der Waals surface area (Å²) < 4.78 is 14.3. The summed E-state index contributed by atoms with van der Waals surface area (Å²) >= 11 is 3.34. The first-order valence-corrected chi connectivity index (χ1v) is 6.59. The standard InChI is InChI=1S/C14H14BrFN2/c15-12-5-6-13(18-9-12)10-17-8-7-11-3-1-2-4-14(11)16/h1-6,9,17H,7-8,10H2. The number of rotatable bonds is 5. The molecule has 4 heteroatoms. The van der Waals surface area contributed by atoms with Gasteiger partial charge in [-0.15, -0.1) is 0 Å². The van der Waals surface area contributed by atoms with E-state index in [0.717, 1.165) is 22.3 Å². The van der Waals surface area contributed by atoms with Crippen molar-refractivity contribution >= 4 is 15.9 Å². The van der Waals surface area contributed by atoms with E-state index in [2.05, 4.69) is 26.2 Å². The summed E-state index contributed by atoms with van der Waals surface area (Å²) in [6.07, 6.45) is 2.46. The zero-order valence-electron chi connectivity index (χ0n) is 9.87. The average Bonchev–Trinajstić information content (AvgIpc) is 2.39. The van der Waals surface area contributed by atoms with Gasteiger partial charge in [0.05, 0.1) is 5.69 Å². The van der Waals surface area contributed by atoms with Crippen molar-refractivity contribution in [2.45, 2.75) is 13.0 Å². The Balaban J connectivity index is 1.76. The third-order valence-corrected chi connectivity index (χ3v) is 3.09. The molecule has 0 spiro atoms. The van der Waals surface area contributed by atoms with Crippen LogP contribution in [-0.2, 0) is 13.0 Å². The van der Waals surface area contributed by atoms with Gasteiger partial charge in [-0.25, -0.2) is 4.39 Å². The van der Waals surface area contributed by atoms with E-state index in [1.165, 1.54) is 6.07 Å². The van der Waals surface area contributed by atoms with Crippen molar-refractivity contribution in [2.24, 2.45) is 0 Å². The normalized spacial score (nSPS) is 10.6. The number of aromatic nitrogens is 1. The molecule has 2 aromatic rings. The van der Waals surface area contributed by atoms with E-state index in [9.17, 15) is 4.39 Å². The molecule has 94 valence electrons. The highest BCUT2D eigenvalue weighted by Gasteiger charge is 2.00. The zero-order valence-corrected chi connectivity index (χ0v) is 11.5. The maximum Gasteiger partial charge on any atom is 0.126 e. The Morgan fingerprint density at radius 3 is 2.72 bits per heavy atom. The van der Waals surface area contributed by atoms with Crippen LogP contribution in [0.1, 0.15) is 11.3 Å². The molecule has 18 heavy (non-hydrogen) atoms. The monoisotopic (exact) mass is 308 g/mol. The Kier molecular flexibility index (Phi) is 4.84. The molecule has 0 aliphatic carbocycles. The zero-order chi connectivity index (χ0) is 12.8. The van der Waals surface area contributed by atoms with Crippen molar-refractivity contribution in [1.82, 2.24) is 10.3 Å². The lowest BCUT2D eigenvalue weighted by Crippen LogP contribution is -2.17. The molecule has 1 heterocycles. The first-order chi connectivity index (χ1) is 8.75. The Bertz CT molecular complexity index is 499. The maximum absolute atomic E-state index is 13.3. The van der Waals surface area contributed by atoms with Crippen molar-refractivity contribution in [2.75, 3.05) is 6.54 Å². The first kappa shape index (κ1) is 13.2. The van der Waals surface area contributed by atoms with Crippen molar-refractivity contribution in [3.63, 3.8) is 0 Å². The van der Waals surface area contributed by atoms with Gasteiger partial charge in [0.25, 0.3) is 0 Å². The lowest BCUT2D eigenvalue weighted by Gasteiger charge is -2.05. The predicted molar refractivity (Wildman–Crippen MR) is 73.7 cm³/mol. The molecule has 1 aromatic carbocycles. The van der Waals surface area contributed by atoms with E-state index in [1.807, 2.05) is 24.3 Å². The third kappa shape index (κ3) is 3.89. The largest absolute Gasteiger partial charge is 0.311 e. The van der Waals surface area contributed by atoms with Crippen LogP contribution in [0.15, 0.2) is 47.1 Å². The summed E-state index contributed by atoms with van der Waals surface area (Å²) in [6, 6.07) is 10.8.